The van der Waals surface area contributed by atoms with Crippen LogP contribution in [0.25, 0.3) is 5.69 Å². The summed E-state index contributed by atoms with van der Waals surface area (Å²) in [6, 6.07) is 20.9. The van der Waals surface area contributed by atoms with E-state index in [9.17, 15) is 4.79 Å². The summed E-state index contributed by atoms with van der Waals surface area (Å²) in [6.07, 6.45) is 1.52. The summed E-state index contributed by atoms with van der Waals surface area (Å²) in [5.41, 5.74) is 8.84. The Morgan fingerprint density at radius 2 is 1.82 bits per heavy atom. The number of carbonyl (C=O) groups excluding carboxylic acids is 1. The van der Waals surface area contributed by atoms with Crippen molar-refractivity contribution in [1.29, 1.82) is 0 Å². The highest BCUT2D eigenvalue weighted by Crippen LogP contribution is 2.18. The van der Waals surface area contributed by atoms with Gasteiger partial charge in [0, 0.05) is 5.56 Å². The Morgan fingerprint density at radius 1 is 1.00 bits per heavy atom. The number of hydrogen-bond acceptors (Lipinski definition) is 6. The lowest BCUT2D eigenvalue weighted by Crippen LogP contribution is -2.19. The molecule has 0 aliphatic carbocycles. The molecule has 8 nitrogen and oxygen atoms in total. The predicted octanol–water partition coefficient (Wildman–Crippen LogP) is 4.01. The van der Waals surface area contributed by atoms with Gasteiger partial charge in [0.05, 0.1) is 11.4 Å². The molecule has 0 aliphatic rings. The molecule has 8 heteroatoms. The van der Waals surface area contributed by atoms with Gasteiger partial charge in [0.25, 0.3) is 5.91 Å². The minimum Gasteiger partial charge on any atom is -0.489 e. The molecule has 33 heavy (non-hydrogen) atoms. The number of carbonyl (C=O) groups is 1. The molecule has 3 aromatic carbocycles. The largest absolute Gasteiger partial charge is 0.489 e. The molecule has 0 fully saturated rings. The van der Waals surface area contributed by atoms with Crippen LogP contribution in [0.5, 0.6) is 5.75 Å². The maximum absolute atomic E-state index is 12.6. The van der Waals surface area contributed by atoms with E-state index in [1.807, 2.05) is 67.6 Å². The van der Waals surface area contributed by atoms with Crippen LogP contribution in [0.3, 0.4) is 0 Å². The molecule has 166 valence electrons. The van der Waals surface area contributed by atoms with Gasteiger partial charge in [0.1, 0.15) is 18.7 Å². The van der Waals surface area contributed by atoms with Crippen molar-refractivity contribution in [3.8, 4) is 11.4 Å². The quantitative estimate of drug-likeness (QED) is 0.346. The fourth-order valence-corrected chi connectivity index (χ4v) is 3.17. The third-order valence-corrected chi connectivity index (χ3v) is 5.30. The van der Waals surface area contributed by atoms with Gasteiger partial charge in [-0.15, -0.1) is 5.10 Å². The third-order valence-electron chi connectivity index (χ3n) is 5.30. The summed E-state index contributed by atoms with van der Waals surface area (Å²) < 4.78 is 7.45. The van der Waals surface area contributed by atoms with E-state index in [0.717, 1.165) is 22.6 Å². The number of hydrogen-bond donors (Lipinski definition) is 1. The van der Waals surface area contributed by atoms with E-state index < -0.39 is 0 Å². The monoisotopic (exact) mass is 440 g/mol. The highest BCUT2D eigenvalue weighted by Gasteiger charge is 2.07. The minimum atomic E-state index is -0.285. The zero-order valence-corrected chi connectivity index (χ0v) is 18.7. The van der Waals surface area contributed by atoms with E-state index in [0.29, 0.717) is 17.9 Å². The molecule has 0 saturated heterocycles. The highest BCUT2D eigenvalue weighted by atomic mass is 16.5. The zero-order chi connectivity index (χ0) is 23.2. The molecule has 1 amide bonds. The van der Waals surface area contributed by atoms with Crippen LogP contribution < -0.4 is 10.2 Å². The smallest absolute Gasteiger partial charge is 0.271 e. The predicted molar refractivity (Wildman–Crippen MR) is 126 cm³/mol. The van der Waals surface area contributed by atoms with Gasteiger partial charge in [0.15, 0.2) is 0 Å². The molecule has 4 rings (SSSR count). The molecule has 1 N–H and O–H groups in total. The van der Waals surface area contributed by atoms with Gasteiger partial charge in [-0.3, -0.25) is 4.79 Å². The number of amides is 1. The van der Waals surface area contributed by atoms with Gasteiger partial charge >= 0.3 is 0 Å². The first-order valence-corrected chi connectivity index (χ1v) is 10.5. The van der Waals surface area contributed by atoms with E-state index in [1.165, 1.54) is 17.5 Å². The number of tetrazole rings is 1. The van der Waals surface area contributed by atoms with Gasteiger partial charge in [-0.2, -0.15) is 5.10 Å². The topological polar surface area (TPSA) is 94.3 Å². The Hall–Kier alpha value is -4.33. The van der Waals surface area contributed by atoms with Crippen molar-refractivity contribution in [3.05, 3.63) is 101 Å². The standard InChI is InChI=1S/C25H24N6O2/c1-17-7-12-24(13-18(17)2)33-15-20-5-4-6-22(14-20)25(32)28-27-19(3)21-8-10-23(11-9-21)31-16-26-29-30-31/h4-14,16H,15H2,1-3H3,(H,28,32)/b27-19+. The lowest BCUT2D eigenvalue weighted by molar-refractivity contribution is 0.0954. The van der Waals surface area contributed by atoms with Crippen molar-refractivity contribution in [2.75, 3.05) is 0 Å². The van der Waals surface area contributed by atoms with Crippen LogP contribution >= 0.6 is 0 Å². The first-order valence-electron chi connectivity index (χ1n) is 10.5. The van der Waals surface area contributed by atoms with Crippen molar-refractivity contribution in [2.45, 2.75) is 27.4 Å². The van der Waals surface area contributed by atoms with Crippen LogP contribution in [0.1, 0.15) is 39.5 Å². The maximum Gasteiger partial charge on any atom is 0.271 e. The fourth-order valence-electron chi connectivity index (χ4n) is 3.17. The molecule has 0 aliphatic heterocycles. The fraction of sp³-hybridized carbons (Fsp3) is 0.160. The number of benzene rings is 3. The lowest BCUT2D eigenvalue weighted by Gasteiger charge is -2.09. The Morgan fingerprint density at radius 3 is 2.55 bits per heavy atom. The van der Waals surface area contributed by atoms with Crippen LogP contribution in [-0.4, -0.2) is 31.8 Å². The molecule has 0 spiro atoms. The van der Waals surface area contributed by atoms with Crippen LogP contribution in [0.2, 0.25) is 0 Å². The van der Waals surface area contributed by atoms with E-state index >= 15 is 0 Å². The number of aryl methyl sites for hydroxylation is 2. The molecule has 0 unspecified atom stereocenters. The molecule has 0 saturated carbocycles. The summed E-state index contributed by atoms with van der Waals surface area (Å²) in [7, 11) is 0. The normalized spacial score (nSPS) is 11.3. The molecule has 4 aromatic rings. The van der Waals surface area contributed by atoms with Gasteiger partial charge in [-0.1, -0.05) is 30.3 Å². The number of rotatable bonds is 7. The van der Waals surface area contributed by atoms with Crippen molar-refractivity contribution in [1.82, 2.24) is 25.6 Å². The average Bonchev–Trinajstić information content (AvgIpc) is 3.38. The third kappa shape index (κ3) is 5.48. The number of hydrazone groups is 1. The van der Waals surface area contributed by atoms with Crippen molar-refractivity contribution in [2.24, 2.45) is 5.10 Å². The SMILES string of the molecule is C/C(=N\NC(=O)c1cccc(COc2ccc(C)c(C)c2)c1)c1ccc(-n2cnnn2)cc1. The Bertz CT molecular complexity index is 1280. The zero-order valence-electron chi connectivity index (χ0n) is 18.7. The van der Waals surface area contributed by atoms with Gasteiger partial charge in [-0.25, -0.2) is 10.1 Å². The summed E-state index contributed by atoms with van der Waals surface area (Å²) in [6.45, 7) is 6.33. The second-order valence-corrected chi connectivity index (χ2v) is 7.67. The summed E-state index contributed by atoms with van der Waals surface area (Å²) in [5, 5.41) is 15.4. The Kier molecular flexibility index (Phi) is 6.54. The van der Waals surface area contributed by atoms with E-state index in [2.05, 4.69) is 39.9 Å². The minimum absolute atomic E-state index is 0.285. The van der Waals surface area contributed by atoms with Gasteiger partial charge < -0.3 is 4.74 Å². The first-order chi connectivity index (χ1) is 16.0. The molecular weight excluding hydrogens is 416 g/mol. The molecular formula is C25H24N6O2. The average molecular weight is 441 g/mol. The van der Waals surface area contributed by atoms with E-state index in [1.54, 1.807) is 10.7 Å². The van der Waals surface area contributed by atoms with E-state index in [4.69, 9.17) is 4.74 Å². The summed E-state index contributed by atoms with van der Waals surface area (Å²) >= 11 is 0. The molecule has 0 bridgehead atoms. The lowest BCUT2D eigenvalue weighted by atomic mass is 10.1. The van der Waals surface area contributed by atoms with Crippen LogP contribution in [0.15, 0.2) is 78.2 Å². The van der Waals surface area contributed by atoms with Gasteiger partial charge in [0.2, 0.25) is 0 Å². The van der Waals surface area contributed by atoms with Crippen LogP contribution in [0.4, 0.5) is 0 Å². The van der Waals surface area contributed by atoms with Crippen LogP contribution in [0, 0.1) is 13.8 Å². The second kappa shape index (κ2) is 9.86. The number of ether oxygens (including phenoxy) is 1. The maximum atomic E-state index is 12.6. The van der Waals surface area contributed by atoms with E-state index in [-0.39, 0.29) is 5.91 Å². The molecule has 1 heterocycles. The van der Waals surface area contributed by atoms with Crippen molar-refractivity contribution in [3.63, 3.8) is 0 Å². The molecule has 0 atom stereocenters. The molecule has 0 radical (unpaired) electrons. The Labute approximate surface area is 191 Å². The highest BCUT2D eigenvalue weighted by molar-refractivity contribution is 6.01. The summed E-state index contributed by atoms with van der Waals surface area (Å²) in [5.74, 6) is 0.520. The molecule has 1 aromatic heterocycles. The summed E-state index contributed by atoms with van der Waals surface area (Å²) in [4.78, 5) is 12.6. The number of nitrogens with one attached hydrogen (secondary N) is 1. The van der Waals surface area contributed by atoms with Crippen molar-refractivity contribution >= 4 is 11.6 Å². The van der Waals surface area contributed by atoms with Crippen LogP contribution in [-0.2, 0) is 6.61 Å². The second-order valence-electron chi connectivity index (χ2n) is 7.67. The number of nitrogens with zero attached hydrogens (tertiary/aromatic N) is 5. The van der Waals surface area contributed by atoms with Crippen molar-refractivity contribution < 1.29 is 9.53 Å². The first kappa shape index (κ1) is 21.9. The Balaban J connectivity index is 1.37. The number of aromatic nitrogens is 4. The van der Waals surface area contributed by atoms with Gasteiger partial charge in [-0.05, 0) is 89.8 Å².